The molecule has 2 aliphatic rings. The van der Waals surface area contributed by atoms with Crippen LogP contribution in [-0.2, 0) is 37.2 Å². The van der Waals surface area contributed by atoms with Crippen LogP contribution in [0.3, 0.4) is 0 Å². The number of fused-ring (bicyclic) bond motifs is 2. The summed E-state index contributed by atoms with van der Waals surface area (Å²) in [6.07, 6.45) is 6.19. The lowest BCUT2D eigenvalue weighted by Crippen LogP contribution is -2.51. The molecule has 1 saturated heterocycles. The van der Waals surface area contributed by atoms with Crippen molar-refractivity contribution in [3.05, 3.63) is 59.8 Å². The van der Waals surface area contributed by atoms with Crippen LogP contribution in [0.4, 0.5) is 5.69 Å². The number of nitrogens with one attached hydrogen (secondary N) is 3. The van der Waals surface area contributed by atoms with Crippen molar-refractivity contribution < 1.29 is 22.7 Å². The zero-order valence-electron chi connectivity index (χ0n) is 22.2. The summed E-state index contributed by atoms with van der Waals surface area (Å²) in [7, 11) is -3.99. The molecule has 0 bridgehead atoms. The van der Waals surface area contributed by atoms with E-state index in [4.69, 9.17) is 4.74 Å². The number of aromatic nitrogens is 1. The van der Waals surface area contributed by atoms with E-state index >= 15 is 0 Å². The van der Waals surface area contributed by atoms with Crippen molar-refractivity contribution in [3.8, 4) is 0 Å². The molecule has 1 amide bonds. The zero-order chi connectivity index (χ0) is 27.4. The first-order valence-corrected chi connectivity index (χ1v) is 15.2. The number of hydrogen-bond donors (Lipinski definition) is 3. The number of rotatable bonds is 9. The molecule has 5 rings (SSSR count). The number of hydrogen-bond acceptors (Lipinski definition) is 6. The van der Waals surface area contributed by atoms with Crippen LogP contribution >= 0.6 is 0 Å². The fourth-order valence-electron chi connectivity index (χ4n) is 5.68. The maximum atomic E-state index is 13.9. The number of aromatic amines is 1. The summed E-state index contributed by atoms with van der Waals surface area (Å²) < 4.78 is 35.4. The topological polar surface area (TPSA) is 121 Å². The van der Waals surface area contributed by atoms with Crippen LogP contribution in [0.5, 0.6) is 0 Å². The summed E-state index contributed by atoms with van der Waals surface area (Å²) in [5, 5.41) is 4.22. The lowest BCUT2D eigenvalue weighted by Gasteiger charge is -2.34. The predicted octanol–water partition coefficient (Wildman–Crippen LogP) is 3.61. The maximum absolute atomic E-state index is 13.9. The Balaban J connectivity index is 1.37. The molecule has 39 heavy (non-hydrogen) atoms. The quantitative estimate of drug-likeness (QED) is 0.349. The van der Waals surface area contributed by atoms with E-state index in [0.29, 0.717) is 37.8 Å². The van der Waals surface area contributed by atoms with E-state index in [1.165, 1.54) is 6.92 Å². The summed E-state index contributed by atoms with van der Waals surface area (Å²) in [4.78, 5) is 30.1. The minimum absolute atomic E-state index is 0.181. The van der Waals surface area contributed by atoms with Crippen molar-refractivity contribution in [2.24, 2.45) is 5.92 Å². The van der Waals surface area contributed by atoms with Gasteiger partial charge in [-0.25, -0.2) is 8.42 Å². The molecule has 3 N–H and O–H groups in total. The number of sulfonamides is 1. The van der Waals surface area contributed by atoms with E-state index in [2.05, 4.69) is 15.0 Å². The zero-order valence-corrected chi connectivity index (χ0v) is 23.1. The normalized spacial score (nSPS) is 16.9. The molecule has 2 aliphatic heterocycles. The minimum atomic E-state index is -3.99. The van der Waals surface area contributed by atoms with Gasteiger partial charge in [-0.15, -0.1) is 0 Å². The highest BCUT2D eigenvalue weighted by Crippen LogP contribution is 2.30. The number of benzene rings is 2. The lowest BCUT2D eigenvalue weighted by atomic mass is 9.93. The number of H-pyrrole nitrogens is 1. The second-order valence-electron chi connectivity index (χ2n) is 10.5. The Bertz CT molecular complexity index is 1440. The van der Waals surface area contributed by atoms with E-state index in [1.54, 1.807) is 17.0 Å². The van der Waals surface area contributed by atoms with Crippen LogP contribution in [0.15, 0.2) is 53.6 Å². The summed E-state index contributed by atoms with van der Waals surface area (Å²) in [5.74, 6) is -0.149. The van der Waals surface area contributed by atoms with Crippen LogP contribution in [0, 0.1) is 5.92 Å². The number of amides is 1. The Hall–Kier alpha value is -3.37. The molecule has 3 aromatic rings. The van der Waals surface area contributed by atoms with Crippen LogP contribution < -0.4 is 10.0 Å². The molecule has 0 saturated carbocycles. The smallest absolute Gasteiger partial charge is 0.302 e. The molecule has 0 unspecified atom stereocenters. The lowest BCUT2D eigenvalue weighted by molar-refractivity contribution is -0.141. The number of esters is 1. The van der Waals surface area contributed by atoms with Gasteiger partial charge in [-0.2, -0.15) is 4.72 Å². The second-order valence-corrected chi connectivity index (χ2v) is 12.1. The molecule has 0 spiro atoms. The Kier molecular flexibility index (Phi) is 8.23. The average Bonchev–Trinajstić information content (AvgIpc) is 3.35. The third-order valence-electron chi connectivity index (χ3n) is 7.78. The molecular weight excluding hydrogens is 516 g/mol. The van der Waals surface area contributed by atoms with Crippen molar-refractivity contribution >= 4 is 38.5 Å². The number of carbonyl (C=O) groups is 2. The number of aryl methyl sites for hydroxylation is 1. The number of anilines is 1. The fraction of sp³-hybridized carbons (Fsp3) is 0.448. The summed E-state index contributed by atoms with van der Waals surface area (Å²) >= 11 is 0. The molecule has 2 aromatic carbocycles. The minimum Gasteiger partial charge on any atom is -0.466 e. The first-order valence-electron chi connectivity index (χ1n) is 13.7. The van der Waals surface area contributed by atoms with Gasteiger partial charge in [0.15, 0.2) is 0 Å². The summed E-state index contributed by atoms with van der Waals surface area (Å²) in [5.41, 5.74) is 3.43. The summed E-state index contributed by atoms with van der Waals surface area (Å²) in [6.45, 7) is 3.57. The molecule has 3 heterocycles. The first kappa shape index (κ1) is 27.2. The highest BCUT2D eigenvalue weighted by Gasteiger charge is 2.33. The monoisotopic (exact) mass is 552 g/mol. The van der Waals surface area contributed by atoms with E-state index in [0.717, 1.165) is 54.1 Å². The number of likely N-dealkylation sites (tertiary alicyclic amines) is 1. The van der Waals surface area contributed by atoms with Gasteiger partial charge >= 0.3 is 5.97 Å². The van der Waals surface area contributed by atoms with Gasteiger partial charge in [-0.3, -0.25) is 9.59 Å². The molecule has 10 heteroatoms. The van der Waals surface area contributed by atoms with Gasteiger partial charge in [0.2, 0.25) is 15.9 Å². The van der Waals surface area contributed by atoms with Crippen LogP contribution in [-0.4, -0.2) is 62.5 Å². The molecule has 0 radical (unpaired) electrons. The van der Waals surface area contributed by atoms with Crippen molar-refractivity contribution in [3.63, 3.8) is 0 Å². The number of piperidine rings is 1. The molecule has 1 atom stereocenters. The highest BCUT2D eigenvalue weighted by molar-refractivity contribution is 7.89. The number of para-hydroxylation sites is 2. The van der Waals surface area contributed by atoms with E-state index in [9.17, 15) is 18.0 Å². The molecule has 0 aliphatic carbocycles. The molecule has 1 fully saturated rings. The Labute approximate surface area is 229 Å². The van der Waals surface area contributed by atoms with E-state index in [1.807, 2.05) is 36.5 Å². The van der Waals surface area contributed by atoms with E-state index in [-0.39, 0.29) is 23.2 Å². The van der Waals surface area contributed by atoms with Gasteiger partial charge in [0, 0.05) is 43.7 Å². The van der Waals surface area contributed by atoms with Crippen molar-refractivity contribution in [2.75, 3.05) is 31.6 Å². The second kappa shape index (κ2) is 11.8. The van der Waals surface area contributed by atoms with Crippen LogP contribution in [0.2, 0.25) is 0 Å². The van der Waals surface area contributed by atoms with E-state index < -0.39 is 16.1 Å². The third kappa shape index (κ3) is 6.28. The van der Waals surface area contributed by atoms with Crippen LogP contribution in [0.1, 0.15) is 43.7 Å². The predicted molar refractivity (Wildman–Crippen MR) is 150 cm³/mol. The van der Waals surface area contributed by atoms with Crippen LogP contribution in [0.25, 0.3) is 10.9 Å². The van der Waals surface area contributed by atoms with Gasteiger partial charge in [-0.1, -0.05) is 30.3 Å². The van der Waals surface area contributed by atoms with Gasteiger partial charge in [0.05, 0.1) is 12.3 Å². The Morgan fingerprint density at radius 2 is 1.92 bits per heavy atom. The number of nitrogens with zero attached hydrogens (tertiary/aromatic N) is 1. The standard InChI is InChI=1S/C29H36N4O5S/c1-20(34)38-17-13-21-11-15-33(16-12-21)29(35)26(18-23-19-31-25-9-3-2-8-24(23)25)32-39(36,37)27-10-4-6-22-7-5-14-30-28(22)27/h2-4,6,8-10,19,21,26,30-32H,5,7,11-18H2,1H3/t26-/m0/s1. The first-order chi connectivity index (χ1) is 18.8. The molecule has 208 valence electrons. The fourth-order valence-corrected chi connectivity index (χ4v) is 7.10. The van der Waals surface area contributed by atoms with Crippen molar-refractivity contribution in [1.29, 1.82) is 0 Å². The van der Waals surface area contributed by atoms with Gasteiger partial charge in [0.1, 0.15) is 10.9 Å². The summed E-state index contributed by atoms with van der Waals surface area (Å²) in [6, 6.07) is 12.2. The Morgan fingerprint density at radius 1 is 1.13 bits per heavy atom. The van der Waals surface area contributed by atoms with Gasteiger partial charge in [0.25, 0.3) is 0 Å². The van der Waals surface area contributed by atoms with Gasteiger partial charge < -0.3 is 19.9 Å². The SMILES string of the molecule is CC(=O)OCCC1CCN(C(=O)[C@H](Cc2c[nH]c3ccccc23)NS(=O)(=O)c2cccc3c2NCCC3)CC1. The largest absolute Gasteiger partial charge is 0.466 e. The van der Waals surface area contributed by atoms with Gasteiger partial charge in [-0.05, 0) is 67.7 Å². The maximum Gasteiger partial charge on any atom is 0.302 e. The molecule has 9 nitrogen and oxygen atoms in total. The molecular formula is C29H36N4O5S. The number of ether oxygens (including phenoxy) is 1. The third-order valence-corrected chi connectivity index (χ3v) is 9.29. The van der Waals surface area contributed by atoms with Crippen molar-refractivity contribution in [1.82, 2.24) is 14.6 Å². The Morgan fingerprint density at radius 3 is 2.72 bits per heavy atom. The molecule has 1 aromatic heterocycles. The average molecular weight is 553 g/mol. The number of carbonyl (C=O) groups excluding carboxylic acids is 2. The van der Waals surface area contributed by atoms with Crippen molar-refractivity contribution in [2.45, 2.75) is 56.4 Å². The highest BCUT2D eigenvalue weighted by atomic mass is 32.2.